The van der Waals surface area contributed by atoms with E-state index in [0.29, 0.717) is 11.7 Å². The van der Waals surface area contributed by atoms with Crippen molar-refractivity contribution in [3.63, 3.8) is 0 Å². The highest BCUT2D eigenvalue weighted by atomic mass is 35.5. The lowest BCUT2D eigenvalue weighted by Gasteiger charge is -2.24. The molecule has 0 spiro atoms. The van der Waals surface area contributed by atoms with Crippen LogP contribution in [0.1, 0.15) is 48.9 Å². The largest absolute Gasteiger partial charge is 0.490 e. The first-order valence-electron chi connectivity index (χ1n) is 8.09. The molecule has 5 heteroatoms. The molecule has 1 saturated heterocycles. The molecule has 1 heterocycles. The molecule has 4 nitrogen and oxygen atoms in total. The number of carbonyl (C=O) groups excluding carboxylic acids is 1. The Hall–Kier alpha value is -1.26. The number of amides is 1. The van der Waals surface area contributed by atoms with Gasteiger partial charge in [-0.3, -0.25) is 4.79 Å². The predicted molar refractivity (Wildman–Crippen MR) is 89.9 cm³/mol. The van der Waals surface area contributed by atoms with Crippen molar-refractivity contribution < 1.29 is 9.53 Å². The highest BCUT2D eigenvalue weighted by Gasteiger charge is 2.18. The van der Waals surface area contributed by atoms with E-state index in [2.05, 4.69) is 10.6 Å². The summed E-state index contributed by atoms with van der Waals surface area (Å²) in [7, 11) is 0. The van der Waals surface area contributed by atoms with E-state index in [1.807, 2.05) is 24.3 Å². The summed E-state index contributed by atoms with van der Waals surface area (Å²) in [6.07, 6.45) is 7.26. The van der Waals surface area contributed by atoms with Crippen molar-refractivity contribution >= 4 is 18.3 Å². The molecule has 2 N–H and O–H groups in total. The van der Waals surface area contributed by atoms with Crippen LogP contribution in [0.15, 0.2) is 24.3 Å². The Kier molecular flexibility index (Phi) is 6.52. The van der Waals surface area contributed by atoms with Crippen LogP contribution < -0.4 is 15.4 Å². The summed E-state index contributed by atoms with van der Waals surface area (Å²) >= 11 is 0. The zero-order valence-corrected chi connectivity index (χ0v) is 13.7. The fraction of sp³-hybridized carbons (Fsp3) is 0.588. The van der Waals surface area contributed by atoms with Crippen LogP contribution in [0.3, 0.4) is 0 Å². The maximum atomic E-state index is 12.3. The maximum absolute atomic E-state index is 12.3. The van der Waals surface area contributed by atoms with E-state index >= 15 is 0 Å². The van der Waals surface area contributed by atoms with Gasteiger partial charge in [0.2, 0.25) is 0 Å². The Morgan fingerprint density at radius 1 is 1.18 bits per heavy atom. The first-order valence-corrected chi connectivity index (χ1v) is 8.09. The molecule has 0 radical (unpaired) electrons. The van der Waals surface area contributed by atoms with Crippen molar-refractivity contribution in [1.82, 2.24) is 10.6 Å². The average molecular weight is 325 g/mol. The second-order valence-electron chi connectivity index (χ2n) is 6.07. The average Bonchev–Trinajstić information content (AvgIpc) is 3.01. The molecule has 1 aromatic rings. The van der Waals surface area contributed by atoms with Gasteiger partial charge in [0.1, 0.15) is 5.75 Å². The summed E-state index contributed by atoms with van der Waals surface area (Å²) in [6, 6.07) is 7.80. The molecule has 2 fully saturated rings. The van der Waals surface area contributed by atoms with Crippen molar-refractivity contribution in [2.75, 3.05) is 13.1 Å². The van der Waals surface area contributed by atoms with Crippen LogP contribution in [0.2, 0.25) is 0 Å². The van der Waals surface area contributed by atoms with E-state index in [-0.39, 0.29) is 24.4 Å². The zero-order chi connectivity index (χ0) is 14.5. The minimum atomic E-state index is 0. The molecular weight excluding hydrogens is 300 g/mol. The van der Waals surface area contributed by atoms with E-state index in [9.17, 15) is 4.79 Å². The summed E-state index contributed by atoms with van der Waals surface area (Å²) < 4.78 is 5.96. The van der Waals surface area contributed by atoms with Crippen LogP contribution in [-0.4, -0.2) is 31.1 Å². The fourth-order valence-corrected chi connectivity index (χ4v) is 3.15. The van der Waals surface area contributed by atoms with E-state index in [1.54, 1.807) is 0 Å². The molecule has 1 saturated carbocycles. The summed E-state index contributed by atoms with van der Waals surface area (Å²) in [6.45, 7) is 1.92. The van der Waals surface area contributed by atoms with E-state index in [4.69, 9.17) is 4.74 Å². The van der Waals surface area contributed by atoms with Gasteiger partial charge in [0, 0.05) is 18.2 Å². The lowest BCUT2D eigenvalue weighted by Crippen LogP contribution is -2.45. The monoisotopic (exact) mass is 324 g/mol. The summed E-state index contributed by atoms with van der Waals surface area (Å²) in [5, 5.41) is 6.41. The molecule has 0 bridgehead atoms. The lowest BCUT2D eigenvalue weighted by atomic mass is 10.1. The van der Waals surface area contributed by atoms with Gasteiger partial charge < -0.3 is 15.4 Å². The Bertz CT molecular complexity index is 483. The smallest absolute Gasteiger partial charge is 0.251 e. The Balaban J connectivity index is 0.00000176. The highest BCUT2D eigenvalue weighted by molar-refractivity contribution is 5.94. The number of nitrogens with one attached hydrogen (secondary N) is 2. The molecule has 1 aliphatic heterocycles. The molecule has 2 aliphatic rings. The van der Waals surface area contributed by atoms with Crippen molar-refractivity contribution in [3.8, 4) is 5.75 Å². The number of carbonyl (C=O) groups is 1. The van der Waals surface area contributed by atoms with Crippen molar-refractivity contribution in [3.05, 3.63) is 29.8 Å². The minimum Gasteiger partial charge on any atom is -0.490 e. The van der Waals surface area contributed by atoms with Gasteiger partial charge in [0.05, 0.1) is 6.10 Å². The number of hydrogen-bond donors (Lipinski definition) is 2. The lowest BCUT2D eigenvalue weighted by molar-refractivity contribution is 0.0930. The Morgan fingerprint density at radius 3 is 2.73 bits per heavy atom. The van der Waals surface area contributed by atoms with Crippen molar-refractivity contribution in [2.24, 2.45) is 0 Å². The number of hydrogen-bond acceptors (Lipinski definition) is 3. The molecule has 1 amide bonds. The van der Waals surface area contributed by atoms with Crippen LogP contribution in [0, 0.1) is 0 Å². The van der Waals surface area contributed by atoms with Gasteiger partial charge in [-0.05, 0) is 63.3 Å². The Labute approximate surface area is 138 Å². The number of benzene rings is 1. The van der Waals surface area contributed by atoms with Gasteiger partial charge in [0.15, 0.2) is 0 Å². The molecule has 0 aromatic heterocycles. The normalized spacial score (nSPS) is 21.9. The molecule has 1 aromatic carbocycles. The first kappa shape index (κ1) is 17.1. The predicted octanol–water partition coefficient (Wildman–Crippen LogP) is 2.91. The van der Waals surface area contributed by atoms with Crippen LogP contribution in [0.5, 0.6) is 5.75 Å². The third-order valence-electron chi connectivity index (χ3n) is 4.33. The third-order valence-corrected chi connectivity index (χ3v) is 4.33. The van der Waals surface area contributed by atoms with Crippen LogP contribution in [0.25, 0.3) is 0 Å². The zero-order valence-electron chi connectivity index (χ0n) is 12.8. The van der Waals surface area contributed by atoms with Gasteiger partial charge in [-0.15, -0.1) is 12.4 Å². The van der Waals surface area contributed by atoms with E-state index in [1.165, 1.54) is 12.8 Å². The minimum absolute atomic E-state index is 0. The maximum Gasteiger partial charge on any atom is 0.251 e. The Morgan fingerprint density at radius 2 is 2.00 bits per heavy atom. The quantitative estimate of drug-likeness (QED) is 0.895. The molecule has 0 unspecified atom stereocenters. The number of halogens is 1. The summed E-state index contributed by atoms with van der Waals surface area (Å²) in [5.74, 6) is 0.817. The summed E-state index contributed by atoms with van der Waals surface area (Å²) in [4.78, 5) is 12.3. The van der Waals surface area contributed by atoms with Crippen LogP contribution >= 0.6 is 12.4 Å². The summed E-state index contributed by atoms with van der Waals surface area (Å²) in [5.41, 5.74) is 0.691. The van der Waals surface area contributed by atoms with Crippen LogP contribution in [0.4, 0.5) is 0 Å². The van der Waals surface area contributed by atoms with Gasteiger partial charge in [-0.1, -0.05) is 6.07 Å². The number of ether oxygens (including phenoxy) is 1. The third kappa shape index (κ3) is 4.62. The van der Waals surface area contributed by atoms with Crippen molar-refractivity contribution in [2.45, 2.75) is 50.7 Å². The van der Waals surface area contributed by atoms with Crippen molar-refractivity contribution in [1.29, 1.82) is 0 Å². The molecule has 1 aliphatic carbocycles. The first-order chi connectivity index (χ1) is 10.3. The molecule has 1 atom stereocenters. The topological polar surface area (TPSA) is 50.4 Å². The second kappa shape index (κ2) is 8.39. The van der Waals surface area contributed by atoms with E-state index in [0.717, 1.165) is 44.5 Å². The SMILES string of the molecule is Cl.O=C(N[C@H]1CCCNC1)c1cccc(OC2CCCC2)c1. The van der Waals surface area contributed by atoms with Gasteiger partial charge >= 0.3 is 0 Å². The molecular formula is C17H25ClN2O2. The molecule has 122 valence electrons. The van der Waals surface area contributed by atoms with Gasteiger partial charge in [-0.25, -0.2) is 0 Å². The standard InChI is InChI=1S/C17H24N2O2.ClH/c20-17(19-14-6-4-10-18-12-14)13-5-3-9-16(11-13)21-15-7-1-2-8-15;/h3,5,9,11,14-15,18H,1-2,4,6-8,10,12H2,(H,19,20);1H/t14-;/m0./s1. The van der Waals surface area contributed by atoms with Gasteiger partial charge in [-0.2, -0.15) is 0 Å². The molecule has 3 rings (SSSR count). The second-order valence-corrected chi connectivity index (χ2v) is 6.07. The fourth-order valence-electron chi connectivity index (χ4n) is 3.15. The number of rotatable bonds is 4. The molecule has 22 heavy (non-hydrogen) atoms. The van der Waals surface area contributed by atoms with Crippen LogP contribution in [-0.2, 0) is 0 Å². The number of piperidine rings is 1. The van der Waals surface area contributed by atoms with E-state index < -0.39 is 0 Å². The highest BCUT2D eigenvalue weighted by Crippen LogP contribution is 2.24. The van der Waals surface area contributed by atoms with Gasteiger partial charge in [0.25, 0.3) is 5.91 Å².